The maximum absolute atomic E-state index is 12.1. The van der Waals surface area contributed by atoms with Gasteiger partial charge in [-0.25, -0.2) is 4.98 Å². The molecule has 5 heteroatoms. The predicted octanol–water partition coefficient (Wildman–Crippen LogP) is 3.12. The molecule has 0 aliphatic carbocycles. The van der Waals surface area contributed by atoms with Crippen LogP contribution in [0.25, 0.3) is 0 Å². The lowest BCUT2D eigenvalue weighted by molar-refractivity contribution is 0.101. The molecular weight excluding hydrogens is 250 g/mol. The molecule has 18 heavy (non-hydrogen) atoms. The molecule has 0 atom stereocenters. The standard InChI is InChI=1S/C13H14ClN3O/c1-3-17-8-4-5-10(17)13(18)16-11-9(2)6-7-15-12(11)14/h4-8H,3H2,1-2H3,(H,16,18). The minimum Gasteiger partial charge on any atom is -0.344 e. The van der Waals surface area contributed by atoms with Crippen LogP contribution in [0, 0.1) is 6.92 Å². The van der Waals surface area contributed by atoms with Crippen molar-refractivity contribution in [3.05, 3.63) is 47.0 Å². The van der Waals surface area contributed by atoms with Crippen LogP contribution in [0.4, 0.5) is 5.69 Å². The SMILES string of the molecule is CCn1cccc1C(=O)Nc1c(C)ccnc1Cl. The predicted molar refractivity (Wildman–Crippen MR) is 72.0 cm³/mol. The second-order valence-electron chi connectivity index (χ2n) is 3.93. The summed E-state index contributed by atoms with van der Waals surface area (Å²) in [5.74, 6) is -0.181. The lowest BCUT2D eigenvalue weighted by Crippen LogP contribution is -2.17. The Bertz CT molecular complexity index is 557. The Morgan fingerprint density at radius 1 is 1.50 bits per heavy atom. The second-order valence-corrected chi connectivity index (χ2v) is 4.29. The van der Waals surface area contributed by atoms with Crippen LogP contribution in [-0.2, 0) is 6.54 Å². The molecule has 0 aliphatic heterocycles. The Balaban J connectivity index is 2.27. The van der Waals surface area contributed by atoms with Gasteiger partial charge in [-0.1, -0.05) is 11.6 Å². The van der Waals surface area contributed by atoms with Crippen LogP contribution in [0.2, 0.25) is 5.15 Å². The van der Waals surface area contributed by atoms with Crippen LogP contribution in [0.1, 0.15) is 23.0 Å². The van der Waals surface area contributed by atoms with E-state index in [1.807, 2.05) is 30.7 Å². The summed E-state index contributed by atoms with van der Waals surface area (Å²) in [4.78, 5) is 16.1. The normalized spacial score (nSPS) is 10.4. The zero-order valence-corrected chi connectivity index (χ0v) is 11.0. The van der Waals surface area contributed by atoms with Crippen LogP contribution < -0.4 is 5.32 Å². The Kier molecular flexibility index (Phi) is 3.67. The van der Waals surface area contributed by atoms with E-state index < -0.39 is 0 Å². The van der Waals surface area contributed by atoms with Gasteiger partial charge in [0.1, 0.15) is 5.69 Å². The summed E-state index contributed by atoms with van der Waals surface area (Å²) in [6, 6.07) is 5.43. The number of nitrogens with zero attached hydrogens (tertiary/aromatic N) is 2. The molecule has 2 aromatic rings. The van der Waals surface area contributed by atoms with Crippen molar-refractivity contribution in [3.8, 4) is 0 Å². The molecule has 0 aromatic carbocycles. The van der Waals surface area contributed by atoms with Gasteiger partial charge in [0.15, 0.2) is 5.15 Å². The molecule has 0 bridgehead atoms. The number of rotatable bonds is 3. The average molecular weight is 264 g/mol. The van der Waals surface area contributed by atoms with E-state index in [2.05, 4.69) is 10.3 Å². The largest absolute Gasteiger partial charge is 0.344 e. The summed E-state index contributed by atoms with van der Waals surface area (Å²) in [6.45, 7) is 4.61. The third-order valence-electron chi connectivity index (χ3n) is 2.75. The lowest BCUT2D eigenvalue weighted by Gasteiger charge is -2.10. The molecule has 0 saturated carbocycles. The van der Waals surface area contributed by atoms with Crippen LogP contribution in [0.15, 0.2) is 30.6 Å². The van der Waals surface area contributed by atoms with Crippen molar-refractivity contribution in [2.45, 2.75) is 20.4 Å². The minimum absolute atomic E-state index is 0.181. The molecule has 2 heterocycles. The molecule has 2 rings (SSSR count). The number of hydrogen-bond acceptors (Lipinski definition) is 2. The first-order valence-electron chi connectivity index (χ1n) is 5.71. The van der Waals surface area contributed by atoms with E-state index in [-0.39, 0.29) is 5.91 Å². The minimum atomic E-state index is -0.181. The maximum Gasteiger partial charge on any atom is 0.272 e. The highest BCUT2D eigenvalue weighted by molar-refractivity contribution is 6.32. The molecule has 1 N–H and O–H groups in total. The van der Waals surface area contributed by atoms with Crippen LogP contribution in [0.5, 0.6) is 0 Å². The van der Waals surface area contributed by atoms with E-state index in [9.17, 15) is 4.79 Å². The number of nitrogens with one attached hydrogen (secondary N) is 1. The molecule has 0 radical (unpaired) electrons. The van der Waals surface area contributed by atoms with Crippen molar-refractivity contribution in [2.24, 2.45) is 0 Å². The molecule has 2 aromatic heterocycles. The van der Waals surface area contributed by atoms with E-state index in [4.69, 9.17) is 11.6 Å². The molecular formula is C13H14ClN3O. The number of aryl methyl sites for hydroxylation is 2. The fourth-order valence-corrected chi connectivity index (χ4v) is 2.00. The maximum atomic E-state index is 12.1. The summed E-state index contributed by atoms with van der Waals surface area (Å²) in [5.41, 5.74) is 2.06. The van der Waals surface area contributed by atoms with Crippen LogP contribution in [-0.4, -0.2) is 15.5 Å². The Labute approximate surface area is 111 Å². The number of anilines is 1. The fourth-order valence-electron chi connectivity index (χ4n) is 1.75. The van der Waals surface area contributed by atoms with Gasteiger partial charge < -0.3 is 9.88 Å². The summed E-state index contributed by atoms with van der Waals surface area (Å²) < 4.78 is 1.87. The lowest BCUT2D eigenvalue weighted by atomic mass is 10.2. The quantitative estimate of drug-likeness (QED) is 0.865. The van der Waals surface area contributed by atoms with Gasteiger partial charge in [-0.2, -0.15) is 0 Å². The topological polar surface area (TPSA) is 46.9 Å². The van der Waals surface area contributed by atoms with E-state index in [1.165, 1.54) is 0 Å². The smallest absolute Gasteiger partial charge is 0.272 e. The fraction of sp³-hybridized carbons (Fsp3) is 0.231. The van der Waals surface area contributed by atoms with Crippen molar-refractivity contribution in [1.29, 1.82) is 0 Å². The first kappa shape index (κ1) is 12.6. The van der Waals surface area contributed by atoms with Gasteiger partial charge in [0.05, 0.1) is 5.69 Å². The number of pyridine rings is 1. The monoisotopic (exact) mass is 263 g/mol. The first-order chi connectivity index (χ1) is 8.63. The molecule has 0 unspecified atom stereocenters. The number of carbonyl (C=O) groups excluding carboxylic acids is 1. The first-order valence-corrected chi connectivity index (χ1v) is 6.09. The average Bonchev–Trinajstić information content (AvgIpc) is 2.82. The molecule has 1 amide bonds. The van der Waals surface area contributed by atoms with E-state index in [0.717, 1.165) is 12.1 Å². The molecule has 0 fully saturated rings. The van der Waals surface area contributed by atoms with Gasteiger partial charge in [-0.05, 0) is 37.6 Å². The highest BCUT2D eigenvalue weighted by atomic mass is 35.5. The highest BCUT2D eigenvalue weighted by Gasteiger charge is 2.13. The number of carbonyl (C=O) groups is 1. The van der Waals surface area contributed by atoms with Crippen LogP contribution in [0.3, 0.4) is 0 Å². The summed E-state index contributed by atoms with van der Waals surface area (Å²) in [6.07, 6.45) is 3.48. The number of aromatic nitrogens is 2. The zero-order valence-electron chi connectivity index (χ0n) is 10.3. The number of amides is 1. The number of hydrogen-bond donors (Lipinski definition) is 1. The molecule has 94 valence electrons. The van der Waals surface area contributed by atoms with Crippen molar-refractivity contribution < 1.29 is 4.79 Å². The van der Waals surface area contributed by atoms with Gasteiger partial charge in [-0.3, -0.25) is 4.79 Å². The highest BCUT2D eigenvalue weighted by Crippen LogP contribution is 2.23. The number of halogens is 1. The third-order valence-corrected chi connectivity index (χ3v) is 3.04. The van der Waals surface area contributed by atoms with Crippen molar-refractivity contribution in [1.82, 2.24) is 9.55 Å². The van der Waals surface area contributed by atoms with E-state index in [0.29, 0.717) is 16.5 Å². The van der Waals surface area contributed by atoms with Gasteiger partial charge in [0.25, 0.3) is 5.91 Å². The van der Waals surface area contributed by atoms with Crippen molar-refractivity contribution >= 4 is 23.2 Å². The molecule has 0 spiro atoms. The Morgan fingerprint density at radius 2 is 2.28 bits per heavy atom. The Hall–Kier alpha value is -1.81. The molecule has 0 saturated heterocycles. The third kappa shape index (κ3) is 2.38. The van der Waals surface area contributed by atoms with Gasteiger partial charge >= 0.3 is 0 Å². The summed E-state index contributed by atoms with van der Waals surface area (Å²) in [5, 5.41) is 3.11. The van der Waals surface area contributed by atoms with E-state index >= 15 is 0 Å². The van der Waals surface area contributed by atoms with Gasteiger partial charge in [0, 0.05) is 18.9 Å². The second kappa shape index (κ2) is 5.23. The van der Waals surface area contributed by atoms with Crippen molar-refractivity contribution in [3.63, 3.8) is 0 Å². The van der Waals surface area contributed by atoms with Crippen LogP contribution >= 0.6 is 11.6 Å². The molecule has 4 nitrogen and oxygen atoms in total. The van der Waals surface area contributed by atoms with Gasteiger partial charge in [0.2, 0.25) is 0 Å². The summed E-state index contributed by atoms with van der Waals surface area (Å²) in [7, 11) is 0. The van der Waals surface area contributed by atoms with E-state index in [1.54, 1.807) is 18.3 Å². The molecule has 0 aliphatic rings. The zero-order chi connectivity index (χ0) is 13.1. The van der Waals surface area contributed by atoms with Gasteiger partial charge in [-0.15, -0.1) is 0 Å². The Morgan fingerprint density at radius 3 is 2.94 bits per heavy atom. The van der Waals surface area contributed by atoms with Crippen molar-refractivity contribution in [2.75, 3.05) is 5.32 Å². The summed E-state index contributed by atoms with van der Waals surface area (Å²) >= 11 is 5.98.